The lowest BCUT2D eigenvalue weighted by Gasteiger charge is -2.58. The number of nitrogens with one attached hydrogen (secondary N) is 1. The highest BCUT2D eigenvalue weighted by molar-refractivity contribution is 5.81. The Bertz CT molecular complexity index is 945. The minimum absolute atomic E-state index is 0.0389. The van der Waals surface area contributed by atoms with Gasteiger partial charge in [-0.25, -0.2) is 0 Å². The Balaban J connectivity index is 1.28. The number of rotatable bonds is 14. The van der Waals surface area contributed by atoms with E-state index in [2.05, 4.69) is 46.0 Å². The predicted octanol–water partition coefficient (Wildman–Crippen LogP) is 8.35. The Labute approximate surface area is 257 Å². The number of ether oxygens (including phenoxy) is 1. The third kappa shape index (κ3) is 7.64. The van der Waals surface area contributed by atoms with Gasteiger partial charge in [-0.3, -0.25) is 9.59 Å². The van der Waals surface area contributed by atoms with Crippen LogP contribution < -0.4 is 11.1 Å². The van der Waals surface area contributed by atoms with Crippen LogP contribution in [0.5, 0.6) is 0 Å². The summed E-state index contributed by atoms with van der Waals surface area (Å²) in [7, 11) is 0. The minimum Gasteiger partial charge on any atom is -0.462 e. The van der Waals surface area contributed by atoms with Gasteiger partial charge in [0.05, 0.1) is 6.42 Å². The molecule has 4 aliphatic rings. The minimum atomic E-state index is -0.225. The molecule has 1 amide bonds. The number of allylic oxidation sites excluding steroid dienone is 1. The van der Waals surface area contributed by atoms with Crippen LogP contribution in [0.2, 0.25) is 0 Å². The molecular weight excluding hydrogens is 520 g/mol. The van der Waals surface area contributed by atoms with Crippen molar-refractivity contribution in [2.75, 3.05) is 6.54 Å². The third-order valence-electron chi connectivity index (χ3n) is 12.6. The molecule has 3 N–H and O–H groups in total. The van der Waals surface area contributed by atoms with Crippen molar-refractivity contribution in [3.05, 3.63) is 11.6 Å². The summed E-state index contributed by atoms with van der Waals surface area (Å²) in [5, 5.41) is 3.01. The quantitative estimate of drug-likeness (QED) is 0.122. The fourth-order valence-corrected chi connectivity index (χ4v) is 10.2. The van der Waals surface area contributed by atoms with Gasteiger partial charge in [0.15, 0.2) is 0 Å². The summed E-state index contributed by atoms with van der Waals surface area (Å²) in [6.45, 7) is 15.2. The summed E-state index contributed by atoms with van der Waals surface area (Å²) in [6, 6.07) is 0.115. The zero-order chi connectivity index (χ0) is 30.5. The first-order valence-corrected chi connectivity index (χ1v) is 17.9. The molecule has 4 aliphatic carbocycles. The zero-order valence-electron chi connectivity index (χ0n) is 28.0. The van der Waals surface area contributed by atoms with Gasteiger partial charge in [-0.15, -0.1) is 0 Å². The van der Waals surface area contributed by atoms with E-state index in [0.29, 0.717) is 12.0 Å². The number of carbonyl (C=O) groups excluding carboxylic acids is 2. The number of fused-ring (bicyclic) bond motifs is 5. The standard InChI is InChI=1S/C37H64N2O3/c1-25(2)10-9-11-26(3)31-15-16-32-30-14-13-28-24-29(19-21-36(28,5)33(30)20-22-37(31,32)6)42-35(41)18-17-34(40)39-27(4)12-7-8-23-38/h13,25-27,29-33H,7-12,14-24,38H2,1-6H3,(H,39,40). The molecule has 0 aromatic carbocycles. The summed E-state index contributed by atoms with van der Waals surface area (Å²) >= 11 is 0. The molecule has 0 aliphatic heterocycles. The van der Waals surface area contributed by atoms with Crippen molar-refractivity contribution in [1.29, 1.82) is 0 Å². The van der Waals surface area contributed by atoms with Crippen molar-refractivity contribution in [3.8, 4) is 0 Å². The molecule has 9 unspecified atom stereocenters. The molecule has 0 spiro atoms. The third-order valence-corrected chi connectivity index (χ3v) is 12.6. The van der Waals surface area contributed by atoms with Crippen LogP contribution in [-0.2, 0) is 14.3 Å². The van der Waals surface area contributed by atoms with Crippen molar-refractivity contribution in [2.45, 2.75) is 156 Å². The Kier molecular flexibility index (Phi) is 11.7. The van der Waals surface area contributed by atoms with E-state index in [1.54, 1.807) is 5.57 Å². The van der Waals surface area contributed by atoms with E-state index in [-0.39, 0.29) is 42.3 Å². The molecule has 240 valence electrons. The Morgan fingerprint density at radius 3 is 2.48 bits per heavy atom. The van der Waals surface area contributed by atoms with E-state index in [0.717, 1.165) is 74.0 Å². The van der Waals surface area contributed by atoms with Gasteiger partial charge in [0.2, 0.25) is 5.91 Å². The van der Waals surface area contributed by atoms with Crippen LogP contribution in [0.4, 0.5) is 0 Å². The molecule has 5 heteroatoms. The smallest absolute Gasteiger partial charge is 0.306 e. The summed E-state index contributed by atoms with van der Waals surface area (Å²) in [6.07, 6.45) is 19.8. The lowest BCUT2D eigenvalue weighted by atomic mass is 9.47. The Morgan fingerprint density at radius 1 is 0.952 bits per heavy atom. The van der Waals surface area contributed by atoms with Crippen LogP contribution in [0.15, 0.2) is 11.6 Å². The Morgan fingerprint density at radius 2 is 1.74 bits per heavy atom. The molecule has 0 saturated heterocycles. The van der Waals surface area contributed by atoms with Gasteiger partial charge < -0.3 is 15.8 Å². The van der Waals surface area contributed by atoms with Crippen LogP contribution in [-0.4, -0.2) is 30.6 Å². The molecule has 0 radical (unpaired) electrons. The van der Waals surface area contributed by atoms with E-state index in [1.807, 2.05) is 6.92 Å². The first-order chi connectivity index (χ1) is 20.0. The molecular formula is C37H64N2O3. The number of esters is 1. The Hall–Kier alpha value is -1.36. The van der Waals surface area contributed by atoms with E-state index >= 15 is 0 Å². The highest BCUT2D eigenvalue weighted by Gasteiger charge is 2.59. The second kappa shape index (κ2) is 14.6. The van der Waals surface area contributed by atoms with Gasteiger partial charge in [0.1, 0.15) is 6.10 Å². The second-order valence-electron chi connectivity index (χ2n) is 15.9. The highest BCUT2D eigenvalue weighted by Crippen LogP contribution is 2.67. The first kappa shape index (κ1) is 33.5. The first-order valence-electron chi connectivity index (χ1n) is 17.9. The fourth-order valence-electron chi connectivity index (χ4n) is 10.2. The van der Waals surface area contributed by atoms with Gasteiger partial charge in [0, 0.05) is 18.9 Å². The fraction of sp³-hybridized carbons (Fsp3) is 0.892. The second-order valence-corrected chi connectivity index (χ2v) is 15.9. The largest absolute Gasteiger partial charge is 0.462 e. The zero-order valence-corrected chi connectivity index (χ0v) is 28.0. The van der Waals surface area contributed by atoms with E-state index in [9.17, 15) is 9.59 Å². The number of carbonyl (C=O) groups is 2. The maximum Gasteiger partial charge on any atom is 0.306 e. The lowest BCUT2D eigenvalue weighted by molar-refractivity contribution is -0.152. The van der Waals surface area contributed by atoms with Gasteiger partial charge in [-0.2, -0.15) is 0 Å². The molecule has 5 nitrogen and oxygen atoms in total. The van der Waals surface area contributed by atoms with Crippen molar-refractivity contribution < 1.29 is 14.3 Å². The molecule has 0 aromatic rings. The van der Waals surface area contributed by atoms with Gasteiger partial charge in [-0.1, -0.05) is 72.0 Å². The molecule has 0 heterocycles. The molecule has 9 atom stereocenters. The molecule has 0 aromatic heterocycles. The summed E-state index contributed by atoms with van der Waals surface area (Å²) in [5.41, 5.74) is 7.89. The maximum absolute atomic E-state index is 12.7. The molecule has 0 bridgehead atoms. The van der Waals surface area contributed by atoms with Crippen LogP contribution in [0.25, 0.3) is 0 Å². The summed E-state index contributed by atoms with van der Waals surface area (Å²) in [4.78, 5) is 25.0. The van der Waals surface area contributed by atoms with E-state index in [4.69, 9.17) is 10.5 Å². The number of nitrogens with two attached hydrogens (primary N) is 1. The number of amides is 1. The highest BCUT2D eigenvalue weighted by atomic mass is 16.5. The van der Waals surface area contributed by atoms with Crippen molar-refractivity contribution in [3.63, 3.8) is 0 Å². The van der Waals surface area contributed by atoms with E-state index < -0.39 is 0 Å². The van der Waals surface area contributed by atoms with Crippen LogP contribution in [0, 0.1) is 46.3 Å². The average molecular weight is 585 g/mol. The SMILES string of the molecule is CC(C)CCCC(C)C1CCC2C3CC=C4CC(OC(=O)CCC(=O)NC(C)CCCCN)CCC4(C)C3CCC12C. The maximum atomic E-state index is 12.7. The van der Waals surface area contributed by atoms with Gasteiger partial charge >= 0.3 is 5.97 Å². The van der Waals surface area contributed by atoms with E-state index in [1.165, 1.54) is 51.4 Å². The van der Waals surface area contributed by atoms with Crippen LogP contribution >= 0.6 is 0 Å². The summed E-state index contributed by atoms with van der Waals surface area (Å²) in [5.74, 6) is 4.74. The number of unbranched alkanes of at least 4 members (excludes halogenated alkanes) is 1. The topological polar surface area (TPSA) is 81.4 Å². The molecule has 3 saturated carbocycles. The van der Waals surface area contributed by atoms with Crippen molar-refractivity contribution in [1.82, 2.24) is 5.32 Å². The normalized spacial score (nSPS) is 35.4. The van der Waals surface area contributed by atoms with Crippen LogP contribution in [0.3, 0.4) is 0 Å². The van der Waals surface area contributed by atoms with Crippen molar-refractivity contribution in [2.24, 2.45) is 52.1 Å². The van der Waals surface area contributed by atoms with Gasteiger partial charge in [0.25, 0.3) is 0 Å². The number of hydrogen-bond acceptors (Lipinski definition) is 4. The number of hydrogen-bond donors (Lipinski definition) is 2. The van der Waals surface area contributed by atoms with Crippen LogP contribution in [0.1, 0.15) is 144 Å². The van der Waals surface area contributed by atoms with Crippen molar-refractivity contribution >= 4 is 11.9 Å². The predicted molar refractivity (Wildman–Crippen MR) is 173 cm³/mol. The van der Waals surface area contributed by atoms with Gasteiger partial charge in [-0.05, 0) is 118 Å². The average Bonchev–Trinajstić information content (AvgIpc) is 3.29. The molecule has 42 heavy (non-hydrogen) atoms. The molecule has 3 fully saturated rings. The summed E-state index contributed by atoms with van der Waals surface area (Å²) < 4.78 is 5.96. The lowest BCUT2D eigenvalue weighted by Crippen LogP contribution is -2.51. The molecule has 4 rings (SSSR count). The monoisotopic (exact) mass is 584 g/mol.